The zero-order valence-electron chi connectivity index (χ0n) is 12.5. The number of anilines is 1. The number of hydrogen-bond donors (Lipinski definition) is 2. The molecule has 0 spiro atoms. The summed E-state index contributed by atoms with van der Waals surface area (Å²) in [5, 5.41) is 6.47. The fourth-order valence-electron chi connectivity index (χ4n) is 1.87. The van der Waals surface area contributed by atoms with Gasteiger partial charge >= 0.3 is 0 Å². The Hall–Kier alpha value is -2.35. The number of carbonyl (C=O) groups is 2. The van der Waals surface area contributed by atoms with Crippen LogP contribution in [0.3, 0.4) is 0 Å². The molecule has 8 heteroatoms. The first kappa shape index (κ1) is 17.0. The molecule has 23 heavy (non-hydrogen) atoms. The molecule has 2 heterocycles. The first-order chi connectivity index (χ1) is 10.9. The Kier molecular flexibility index (Phi) is 5.38. The number of rotatable bonds is 5. The molecule has 0 bridgehead atoms. The Balaban J connectivity index is 2.02. The highest BCUT2D eigenvalue weighted by Crippen LogP contribution is 2.28. The van der Waals surface area contributed by atoms with Crippen molar-refractivity contribution < 1.29 is 18.4 Å². The lowest BCUT2D eigenvalue weighted by molar-refractivity contribution is -0.117. The molecule has 2 aromatic heterocycles. The van der Waals surface area contributed by atoms with Gasteiger partial charge in [0, 0.05) is 6.20 Å². The molecule has 1 atom stereocenters. The van der Waals surface area contributed by atoms with Crippen molar-refractivity contribution in [2.75, 3.05) is 5.32 Å². The van der Waals surface area contributed by atoms with Crippen molar-refractivity contribution in [2.45, 2.75) is 26.3 Å². The molecule has 2 rings (SSSR count). The fourth-order valence-corrected chi connectivity index (χ4v) is 2.62. The highest BCUT2D eigenvalue weighted by molar-refractivity contribution is 7.10. The molecule has 0 aromatic carbocycles. The maximum absolute atomic E-state index is 12.8. The van der Waals surface area contributed by atoms with Crippen LogP contribution in [0.2, 0.25) is 0 Å². The summed E-state index contributed by atoms with van der Waals surface area (Å²) in [7, 11) is 0. The van der Waals surface area contributed by atoms with Gasteiger partial charge < -0.3 is 10.6 Å². The van der Waals surface area contributed by atoms with Crippen molar-refractivity contribution in [1.29, 1.82) is 0 Å². The maximum Gasteiger partial charge on any atom is 0.273 e. The summed E-state index contributed by atoms with van der Waals surface area (Å²) < 4.78 is 25.6. The summed E-state index contributed by atoms with van der Waals surface area (Å²) in [4.78, 5) is 27.9. The minimum Gasteiger partial charge on any atom is -0.340 e. The summed E-state index contributed by atoms with van der Waals surface area (Å²) in [5.74, 6) is -1.16. The van der Waals surface area contributed by atoms with Crippen LogP contribution < -0.4 is 10.6 Å². The summed E-state index contributed by atoms with van der Waals surface area (Å²) in [6.07, 6.45) is -1.13. The zero-order chi connectivity index (χ0) is 17.0. The second kappa shape index (κ2) is 7.28. The normalized spacial score (nSPS) is 12.0. The number of thiophene rings is 1. The van der Waals surface area contributed by atoms with E-state index >= 15 is 0 Å². The lowest BCUT2D eigenvalue weighted by atomic mass is 10.2. The largest absolute Gasteiger partial charge is 0.340 e. The standard InChI is InChI=1S/C15H15F2N3O2S/c1-8-11(4-3-6-18-8)20-14(21)9(2)19-15(22)10-5-7-23-12(10)13(16)17/h3-7,9,13H,1-2H3,(H,19,22)(H,20,21)/t9-/m0/s1. The van der Waals surface area contributed by atoms with Crippen molar-refractivity contribution in [3.8, 4) is 0 Å². The molecular formula is C15H15F2N3O2S. The number of halogens is 2. The summed E-state index contributed by atoms with van der Waals surface area (Å²) in [6, 6.07) is 3.79. The van der Waals surface area contributed by atoms with Crippen LogP contribution >= 0.6 is 11.3 Å². The van der Waals surface area contributed by atoms with Crippen molar-refractivity contribution in [1.82, 2.24) is 10.3 Å². The van der Waals surface area contributed by atoms with Crippen molar-refractivity contribution in [3.05, 3.63) is 45.9 Å². The molecule has 0 unspecified atom stereocenters. The minimum absolute atomic E-state index is 0.109. The predicted molar refractivity (Wildman–Crippen MR) is 83.8 cm³/mol. The van der Waals surface area contributed by atoms with Gasteiger partial charge in [-0.15, -0.1) is 11.3 Å². The second-order valence-electron chi connectivity index (χ2n) is 4.82. The quantitative estimate of drug-likeness (QED) is 0.879. The van der Waals surface area contributed by atoms with Crippen LogP contribution in [-0.2, 0) is 4.79 Å². The third kappa shape index (κ3) is 4.10. The molecule has 0 saturated heterocycles. The SMILES string of the molecule is Cc1ncccc1NC(=O)[C@H](C)NC(=O)c1ccsc1C(F)F. The monoisotopic (exact) mass is 339 g/mol. The van der Waals surface area contributed by atoms with Gasteiger partial charge in [0.1, 0.15) is 6.04 Å². The van der Waals surface area contributed by atoms with Gasteiger partial charge in [0.2, 0.25) is 5.91 Å². The predicted octanol–water partition coefficient (Wildman–Crippen LogP) is 3.15. The number of carbonyl (C=O) groups excluding carboxylic acids is 2. The molecule has 0 aliphatic heterocycles. The van der Waals surface area contributed by atoms with E-state index in [0.717, 1.165) is 11.3 Å². The Morgan fingerprint density at radius 2 is 2.04 bits per heavy atom. The van der Waals surface area contributed by atoms with Crippen molar-refractivity contribution in [3.63, 3.8) is 0 Å². The summed E-state index contributed by atoms with van der Waals surface area (Å²) in [5.41, 5.74) is 1.06. The summed E-state index contributed by atoms with van der Waals surface area (Å²) in [6.45, 7) is 3.21. The smallest absolute Gasteiger partial charge is 0.273 e. The van der Waals surface area contributed by atoms with E-state index in [1.54, 1.807) is 25.3 Å². The van der Waals surface area contributed by atoms with E-state index in [9.17, 15) is 18.4 Å². The van der Waals surface area contributed by atoms with Crippen LogP contribution in [0.5, 0.6) is 0 Å². The minimum atomic E-state index is -2.72. The molecule has 122 valence electrons. The molecule has 5 nitrogen and oxygen atoms in total. The zero-order valence-corrected chi connectivity index (χ0v) is 13.3. The van der Waals surface area contributed by atoms with Gasteiger partial charge in [-0.1, -0.05) is 0 Å². The van der Waals surface area contributed by atoms with Crippen LogP contribution in [0.1, 0.15) is 34.3 Å². The van der Waals surface area contributed by atoms with Crippen LogP contribution in [0.25, 0.3) is 0 Å². The van der Waals surface area contributed by atoms with E-state index in [4.69, 9.17) is 0 Å². The Morgan fingerprint density at radius 1 is 1.30 bits per heavy atom. The highest BCUT2D eigenvalue weighted by Gasteiger charge is 2.23. The molecule has 2 amide bonds. The Morgan fingerprint density at radius 3 is 2.70 bits per heavy atom. The van der Waals surface area contributed by atoms with Crippen LogP contribution in [0.15, 0.2) is 29.8 Å². The van der Waals surface area contributed by atoms with Gasteiger partial charge in [0.15, 0.2) is 0 Å². The number of pyridine rings is 1. The molecule has 0 aliphatic carbocycles. The van der Waals surface area contributed by atoms with Gasteiger partial charge in [-0.2, -0.15) is 0 Å². The second-order valence-corrected chi connectivity index (χ2v) is 5.77. The first-order valence-corrected chi connectivity index (χ1v) is 7.67. The Labute approximate surface area is 135 Å². The van der Waals surface area contributed by atoms with E-state index in [-0.39, 0.29) is 10.4 Å². The number of hydrogen-bond acceptors (Lipinski definition) is 4. The van der Waals surface area contributed by atoms with Crippen LogP contribution in [0, 0.1) is 6.92 Å². The van der Waals surface area contributed by atoms with Crippen LogP contribution in [-0.4, -0.2) is 22.8 Å². The van der Waals surface area contributed by atoms with E-state index in [2.05, 4.69) is 15.6 Å². The van der Waals surface area contributed by atoms with Crippen molar-refractivity contribution in [2.24, 2.45) is 0 Å². The van der Waals surface area contributed by atoms with Gasteiger partial charge in [-0.3, -0.25) is 14.6 Å². The molecule has 2 aromatic rings. The maximum atomic E-state index is 12.8. The molecule has 0 radical (unpaired) electrons. The van der Waals surface area contributed by atoms with E-state index in [1.807, 2.05) is 0 Å². The van der Waals surface area contributed by atoms with E-state index in [1.165, 1.54) is 18.4 Å². The number of aromatic nitrogens is 1. The third-order valence-corrected chi connectivity index (χ3v) is 4.07. The molecular weight excluding hydrogens is 324 g/mol. The van der Waals surface area contributed by atoms with Gasteiger partial charge in [-0.05, 0) is 37.4 Å². The number of amides is 2. The Bertz CT molecular complexity index is 718. The van der Waals surface area contributed by atoms with E-state index in [0.29, 0.717) is 11.4 Å². The number of alkyl halides is 2. The summed E-state index contributed by atoms with van der Waals surface area (Å²) >= 11 is 0.806. The van der Waals surface area contributed by atoms with Crippen LogP contribution in [0.4, 0.5) is 14.5 Å². The molecule has 2 N–H and O–H groups in total. The number of nitrogens with zero attached hydrogens (tertiary/aromatic N) is 1. The molecule has 0 fully saturated rings. The van der Waals surface area contributed by atoms with Gasteiger partial charge in [0.25, 0.3) is 12.3 Å². The number of aryl methyl sites for hydroxylation is 1. The van der Waals surface area contributed by atoms with E-state index < -0.39 is 24.3 Å². The lowest BCUT2D eigenvalue weighted by Crippen LogP contribution is -2.41. The van der Waals surface area contributed by atoms with Gasteiger partial charge in [-0.25, -0.2) is 8.78 Å². The molecule has 0 saturated carbocycles. The van der Waals surface area contributed by atoms with Crippen molar-refractivity contribution >= 4 is 28.8 Å². The topological polar surface area (TPSA) is 71.1 Å². The average molecular weight is 339 g/mol. The third-order valence-electron chi connectivity index (χ3n) is 3.14. The molecule has 0 aliphatic rings. The average Bonchev–Trinajstić information content (AvgIpc) is 2.99. The highest BCUT2D eigenvalue weighted by atomic mass is 32.1. The lowest BCUT2D eigenvalue weighted by Gasteiger charge is -2.15. The fraction of sp³-hybridized carbons (Fsp3) is 0.267. The number of nitrogens with one attached hydrogen (secondary N) is 2. The first-order valence-electron chi connectivity index (χ1n) is 6.79. The van der Waals surface area contributed by atoms with Gasteiger partial charge in [0.05, 0.1) is 21.8 Å².